The fraction of sp³-hybridized carbons (Fsp3) is 0.462. The molecule has 0 saturated heterocycles. The Morgan fingerprint density at radius 3 is 2.50 bits per heavy atom. The third-order valence-corrected chi connectivity index (χ3v) is 4.78. The highest BCUT2D eigenvalue weighted by Crippen LogP contribution is 2.17. The first-order valence-electron chi connectivity index (χ1n) is 5.93. The summed E-state index contributed by atoms with van der Waals surface area (Å²) in [7, 11) is -1.16. The number of benzene rings is 1. The number of hydrogen-bond donors (Lipinski definition) is 2. The molecule has 3 N–H and O–H groups in total. The number of amides is 1. The monoisotopic (exact) mass is 268 g/mol. The molecule has 0 heterocycles. The highest BCUT2D eigenvalue weighted by Gasteiger charge is 2.18. The smallest absolute Gasteiger partial charge is 0.237 e. The van der Waals surface area contributed by atoms with Crippen LogP contribution in [-0.4, -0.2) is 21.1 Å². The molecular formula is C13H20N2O2S. The molecule has 0 aliphatic carbocycles. The minimum Gasteiger partial charge on any atom is -0.397 e. The molecule has 100 valence electrons. The predicted octanol–water partition coefficient (Wildman–Crippen LogP) is 2.00. The molecule has 5 heteroatoms. The van der Waals surface area contributed by atoms with E-state index in [2.05, 4.69) is 5.32 Å². The van der Waals surface area contributed by atoms with Crippen LogP contribution >= 0.6 is 0 Å². The number of hydrogen-bond acceptors (Lipinski definition) is 3. The van der Waals surface area contributed by atoms with Gasteiger partial charge in [-0.05, 0) is 18.1 Å². The maximum absolute atomic E-state index is 11.9. The van der Waals surface area contributed by atoms with Gasteiger partial charge >= 0.3 is 0 Å². The van der Waals surface area contributed by atoms with E-state index in [9.17, 15) is 9.00 Å². The molecule has 2 atom stereocenters. The summed E-state index contributed by atoms with van der Waals surface area (Å²) in [6.07, 6.45) is 0. The van der Waals surface area contributed by atoms with Crippen molar-refractivity contribution < 1.29 is 9.00 Å². The van der Waals surface area contributed by atoms with Gasteiger partial charge in [-0.3, -0.25) is 9.00 Å². The summed E-state index contributed by atoms with van der Waals surface area (Å²) in [5.41, 5.74) is 6.79. The van der Waals surface area contributed by atoms with Crippen molar-refractivity contribution in [3.8, 4) is 0 Å². The van der Waals surface area contributed by atoms with Gasteiger partial charge in [0, 0.05) is 16.0 Å². The molecule has 0 aliphatic rings. The standard InChI is InChI=1S/C13H20N2O2S/c1-9(2)10(3)18(17)8-13(16)15-12-7-5-4-6-11(12)14/h4-7,9-10H,8,14H2,1-3H3,(H,15,16). The second-order valence-corrected chi connectivity index (χ2v) is 6.40. The number of rotatable bonds is 5. The fourth-order valence-corrected chi connectivity index (χ4v) is 2.56. The molecule has 0 saturated carbocycles. The molecular weight excluding hydrogens is 248 g/mol. The second kappa shape index (κ2) is 6.54. The Labute approximate surface area is 110 Å². The Morgan fingerprint density at radius 2 is 1.94 bits per heavy atom. The number of nitrogen functional groups attached to an aromatic ring is 1. The zero-order valence-corrected chi connectivity index (χ0v) is 11.8. The lowest BCUT2D eigenvalue weighted by Crippen LogP contribution is -2.27. The van der Waals surface area contributed by atoms with E-state index in [1.54, 1.807) is 24.3 Å². The van der Waals surface area contributed by atoms with Gasteiger partial charge in [-0.1, -0.05) is 32.9 Å². The number of anilines is 2. The molecule has 0 aliphatic heterocycles. The molecule has 1 aromatic rings. The normalized spacial score (nSPS) is 14.2. The first kappa shape index (κ1) is 14.7. The van der Waals surface area contributed by atoms with Crippen LogP contribution < -0.4 is 11.1 Å². The highest BCUT2D eigenvalue weighted by molar-refractivity contribution is 7.86. The van der Waals surface area contributed by atoms with Gasteiger partial charge in [-0.25, -0.2) is 0 Å². The van der Waals surface area contributed by atoms with Crippen LogP contribution in [0.4, 0.5) is 11.4 Å². The fourth-order valence-electron chi connectivity index (χ4n) is 1.36. The Kier molecular flexibility index (Phi) is 5.34. The van der Waals surface area contributed by atoms with Crippen molar-refractivity contribution in [1.82, 2.24) is 0 Å². The summed E-state index contributed by atoms with van der Waals surface area (Å²) < 4.78 is 11.9. The number of para-hydroxylation sites is 2. The molecule has 0 spiro atoms. The van der Waals surface area contributed by atoms with Crippen molar-refractivity contribution in [2.45, 2.75) is 26.0 Å². The average molecular weight is 268 g/mol. The van der Waals surface area contributed by atoms with Crippen LogP contribution in [0.5, 0.6) is 0 Å². The molecule has 0 radical (unpaired) electrons. The minimum absolute atomic E-state index is 0.00358. The van der Waals surface area contributed by atoms with E-state index in [-0.39, 0.29) is 16.9 Å². The molecule has 1 rings (SSSR count). The number of carbonyl (C=O) groups is 1. The van der Waals surface area contributed by atoms with Crippen molar-refractivity contribution in [2.24, 2.45) is 5.92 Å². The third kappa shape index (κ3) is 4.14. The Balaban J connectivity index is 2.58. The molecule has 0 fully saturated rings. The van der Waals surface area contributed by atoms with Crippen LogP contribution in [0, 0.1) is 5.92 Å². The van der Waals surface area contributed by atoms with Gasteiger partial charge in [0.1, 0.15) is 5.75 Å². The molecule has 0 aromatic heterocycles. The predicted molar refractivity (Wildman–Crippen MR) is 76.8 cm³/mol. The van der Waals surface area contributed by atoms with E-state index in [0.717, 1.165) is 0 Å². The van der Waals surface area contributed by atoms with Gasteiger partial charge in [0.25, 0.3) is 0 Å². The van der Waals surface area contributed by atoms with Crippen molar-refractivity contribution >= 4 is 28.1 Å². The molecule has 1 aromatic carbocycles. The first-order valence-corrected chi connectivity index (χ1v) is 7.31. The molecule has 1 amide bonds. The number of carbonyl (C=O) groups excluding carboxylic acids is 1. The van der Waals surface area contributed by atoms with Gasteiger partial charge in [-0.15, -0.1) is 0 Å². The van der Waals surface area contributed by atoms with E-state index in [1.165, 1.54) is 0 Å². The molecule has 2 unspecified atom stereocenters. The minimum atomic E-state index is -1.16. The van der Waals surface area contributed by atoms with Crippen LogP contribution in [0.15, 0.2) is 24.3 Å². The van der Waals surface area contributed by atoms with E-state index >= 15 is 0 Å². The van der Waals surface area contributed by atoms with Crippen molar-refractivity contribution in [1.29, 1.82) is 0 Å². The molecule has 4 nitrogen and oxygen atoms in total. The summed E-state index contributed by atoms with van der Waals surface area (Å²) >= 11 is 0. The lowest BCUT2D eigenvalue weighted by molar-refractivity contribution is -0.113. The van der Waals surface area contributed by atoms with Crippen LogP contribution in [0.2, 0.25) is 0 Å². The first-order chi connectivity index (χ1) is 8.41. The van der Waals surface area contributed by atoms with Gasteiger partial charge in [-0.2, -0.15) is 0 Å². The second-order valence-electron chi connectivity index (χ2n) is 4.61. The van der Waals surface area contributed by atoms with Crippen molar-refractivity contribution in [3.63, 3.8) is 0 Å². The maximum atomic E-state index is 11.9. The quantitative estimate of drug-likeness (QED) is 0.802. The van der Waals surface area contributed by atoms with Crippen LogP contribution in [-0.2, 0) is 15.6 Å². The SMILES string of the molecule is CC(C)C(C)S(=O)CC(=O)Nc1ccccc1N. The Bertz CT molecular complexity index is 446. The maximum Gasteiger partial charge on any atom is 0.237 e. The summed E-state index contributed by atoms with van der Waals surface area (Å²) in [4.78, 5) is 11.7. The average Bonchev–Trinajstić information content (AvgIpc) is 2.30. The summed E-state index contributed by atoms with van der Waals surface area (Å²) in [6.45, 7) is 5.89. The number of nitrogens with one attached hydrogen (secondary N) is 1. The van der Waals surface area contributed by atoms with E-state index in [4.69, 9.17) is 5.73 Å². The van der Waals surface area contributed by atoms with Crippen molar-refractivity contribution in [2.75, 3.05) is 16.8 Å². The zero-order chi connectivity index (χ0) is 13.7. The topological polar surface area (TPSA) is 72.2 Å². The van der Waals surface area contributed by atoms with Gasteiger partial charge < -0.3 is 11.1 Å². The van der Waals surface area contributed by atoms with Gasteiger partial charge in [0.05, 0.1) is 11.4 Å². The van der Waals surface area contributed by atoms with Crippen molar-refractivity contribution in [3.05, 3.63) is 24.3 Å². The number of nitrogens with two attached hydrogens (primary N) is 1. The van der Waals surface area contributed by atoms with Gasteiger partial charge in [0.15, 0.2) is 0 Å². The highest BCUT2D eigenvalue weighted by atomic mass is 32.2. The molecule has 0 bridgehead atoms. The lowest BCUT2D eigenvalue weighted by Gasteiger charge is -2.15. The zero-order valence-electron chi connectivity index (χ0n) is 11.0. The Hall–Kier alpha value is -1.36. The Morgan fingerprint density at radius 1 is 1.33 bits per heavy atom. The largest absolute Gasteiger partial charge is 0.397 e. The third-order valence-electron chi connectivity index (χ3n) is 2.86. The van der Waals surface area contributed by atoms with E-state index in [1.807, 2.05) is 20.8 Å². The van der Waals surface area contributed by atoms with Crippen LogP contribution in [0.3, 0.4) is 0 Å². The van der Waals surface area contributed by atoms with Gasteiger partial charge in [0.2, 0.25) is 5.91 Å². The summed E-state index contributed by atoms with van der Waals surface area (Å²) in [5, 5.41) is 2.68. The molecule has 18 heavy (non-hydrogen) atoms. The van der Waals surface area contributed by atoms with E-state index in [0.29, 0.717) is 17.3 Å². The van der Waals surface area contributed by atoms with Crippen LogP contribution in [0.1, 0.15) is 20.8 Å². The lowest BCUT2D eigenvalue weighted by atomic mass is 10.2. The van der Waals surface area contributed by atoms with Crippen LogP contribution in [0.25, 0.3) is 0 Å². The summed E-state index contributed by atoms with van der Waals surface area (Å²) in [6, 6.07) is 7.02. The summed E-state index contributed by atoms with van der Waals surface area (Å²) in [5.74, 6) is 0.0346. The van der Waals surface area contributed by atoms with E-state index < -0.39 is 10.8 Å².